The van der Waals surface area contributed by atoms with Crippen LogP contribution in [0.4, 0.5) is 0 Å². The second-order valence-corrected chi connectivity index (χ2v) is 5.82. The molecule has 1 aromatic carbocycles. The third kappa shape index (κ3) is 3.40. The molecule has 1 heterocycles. The normalized spacial score (nSPS) is 20.4. The second kappa shape index (κ2) is 7.20. The van der Waals surface area contributed by atoms with Crippen molar-refractivity contribution in [3.05, 3.63) is 28.2 Å². The topological polar surface area (TPSA) is 58.6 Å². The lowest BCUT2D eigenvalue weighted by Crippen LogP contribution is -2.40. The molecule has 1 aromatic rings. The van der Waals surface area contributed by atoms with Crippen LogP contribution >= 0.6 is 15.9 Å². The molecule has 2 atom stereocenters. The Morgan fingerprint density at radius 2 is 2.40 bits per heavy atom. The van der Waals surface area contributed by atoms with E-state index in [-0.39, 0.29) is 11.7 Å². The van der Waals surface area contributed by atoms with Crippen molar-refractivity contribution in [1.82, 2.24) is 5.32 Å². The van der Waals surface area contributed by atoms with Gasteiger partial charge in [-0.3, -0.25) is 4.79 Å². The number of halogens is 1. The molecule has 20 heavy (non-hydrogen) atoms. The fraction of sp³-hybridized carbons (Fsp3) is 0.533. The molecule has 0 saturated carbocycles. The molecule has 2 N–H and O–H groups in total. The Bertz CT molecular complexity index is 472. The number of piperidine rings is 1. The van der Waals surface area contributed by atoms with Gasteiger partial charge in [-0.05, 0) is 54.4 Å². The smallest absolute Gasteiger partial charge is 0.195 e. The molecule has 0 aliphatic carbocycles. The Kier molecular flexibility index (Phi) is 5.57. The standard InChI is InChI=1S/C15H20BrNO3/c1-2-20-15-11(6-3-7-12(15)16)14(19)13(18)10-5-4-8-17-9-10/h3,6-7,10,13,17-18H,2,4-5,8-9H2,1H3/t10-,13?/m1/s1. The number of para-hydroxylation sites is 1. The number of carbonyl (C=O) groups is 1. The first-order chi connectivity index (χ1) is 9.65. The third-order valence-electron chi connectivity index (χ3n) is 3.57. The average molecular weight is 342 g/mol. The number of hydrogen-bond acceptors (Lipinski definition) is 4. The van der Waals surface area contributed by atoms with Crippen molar-refractivity contribution in [2.75, 3.05) is 19.7 Å². The number of aliphatic hydroxyl groups is 1. The van der Waals surface area contributed by atoms with Gasteiger partial charge in [-0.25, -0.2) is 0 Å². The van der Waals surface area contributed by atoms with Crippen LogP contribution in [0.2, 0.25) is 0 Å². The number of benzene rings is 1. The van der Waals surface area contributed by atoms with Gasteiger partial charge < -0.3 is 15.2 Å². The van der Waals surface area contributed by atoms with E-state index in [0.29, 0.717) is 24.5 Å². The highest BCUT2D eigenvalue weighted by molar-refractivity contribution is 9.10. The lowest BCUT2D eigenvalue weighted by atomic mass is 9.89. The molecule has 110 valence electrons. The molecule has 0 radical (unpaired) electrons. The van der Waals surface area contributed by atoms with Gasteiger partial charge in [0.15, 0.2) is 5.78 Å². The Hall–Kier alpha value is -0.910. The van der Waals surface area contributed by atoms with Gasteiger partial charge in [0.1, 0.15) is 11.9 Å². The van der Waals surface area contributed by atoms with Crippen LogP contribution in [-0.2, 0) is 0 Å². The van der Waals surface area contributed by atoms with Crippen molar-refractivity contribution in [1.29, 1.82) is 0 Å². The van der Waals surface area contributed by atoms with Gasteiger partial charge in [-0.1, -0.05) is 6.07 Å². The van der Waals surface area contributed by atoms with Crippen molar-refractivity contribution in [2.24, 2.45) is 5.92 Å². The van der Waals surface area contributed by atoms with Crippen LogP contribution in [0.5, 0.6) is 5.75 Å². The quantitative estimate of drug-likeness (QED) is 0.807. The summed E-state index contributed by atoms with van der Waals surface area (Å²) in [6.45, 7) is 3.99. The lowest BCUT2D eigenvalue weighted by molar-refractivity contribution is 0.0555. The van der Waals surface area contributed by atoms with Crippen molar-refractivity contribution >= 4 is 21.7 Å². The van der Waals surface area contributed by atoms with Crippen molar-refractivity contribution in [3.8, 4) is 5.75 Å². The number of nitrogens with one attached hydrogen (secondary N) is 1. The Morgan fingerprint density at radius 1 is 1.60 bits per heavy atom. The summed E-state index contributed by atoms with van der Waals surface area (Å²) in [5.74, 6) is 0.232. The highest BCUT2D eigenvalue weighted by atomic mass is 79.9. The molecule has 1 saturated heterocycles. The van der Waals surface area contributed by atoms with Crippen LogP contribution in [0.25, 0.3) is 0 Å². The van der Waals surface area contributed by atoms with E-state index in [1.54, 1.807) is 12.1 Å². The molecule has 0 bridgehead atoms. The third-order valence-corrected chi connectivity index (χ3v) is 4.20. The Balaban J connectivity index is 2.21. The molecule has 0 aromatic heterocycles. The summed E-state index contributed by atoms with van der Waals surface area (Å²) in [5, 5.41) is 13.5. The number of aliphatic hydroxyl groups excluding tert-OH is 1. The summed E-state index contributed by atoms with van der Waals surface area (Å²) in [6.07, 6.45) is 0.889. The van der Waals surface area contributed by atoms with Crippen LogP contribution < -0.4 is 10.1 Å². The zero-order chi connectivity index (χ0) is 14.5. The van der Waals surface area contributed by atoms with E-state index in [9.17, 15) is 9.90 Å². The van der Waals surface area contributed by atoms with E-state index >= 15 is 0 Å². The van der Waals surface area contributed by atoms with Gasteiger partial charge in [-0.15, -0.1) is 0 Å². The molecule has 0 amide bonds. The maximum Gasteiger partial charge on any atom is 0.195 e. The SMILES string of the molecule is CCOc1c(Br)cccc1C(=O)C(O)[C@@H]1CCCNC1. The maximum atomic E-state index is 12.5. The summed E-state index contributed by atoms with van der Waals surface area (Å²) < 4.78 is 6.27. The predicted octanol–water partition coefficient (Wildman–Crippen LogP) is 2.39. The predicted molar refractivity (Wildman–Crippen MR) is 81.2 cm³/mol. The largest absolute Gasteiger partial charge is 0.492 e. The summed E-state index contributed by atoms with van der Waals surface area (Å²) in [6, 6.07) is 5.32. The zero-order valence-corrected chi connectivity index (χ0v) is 13.1. The van der Waals surface area contributed by atoms with Crippen molar-refractivity contribution in [2.45, 2.75) is 25.9 Å². The molecule has 4 nitrogen and oxygen atoms in total. The van der Waals surface area contributed by atoms with E-state index in [1.165, 1.54) is 0 Å². The summed E-state index contributed by atoms with van der Waals surface area (Å²) in [7, 11) is 0. The molecule has 1 unspecified atom stereocenters. The maximum absolute atomic E-state index is 12.5. The molecule has 2 rings (SSSR count). The monoisotopic (exact) mass is 341 g/mol. The minimum Gasteiger partial charge on any atom is -0.492 e. The molecule has 1 fully saturated rings. The van der Waals surface area contributed by atoms with Crippen molar-refractivity contribution in [3.63, 3.8) is 0 Å². The first-order valence-corrected chi connectivity index (χ1v) is 7.78. The summed E-state index contributed by atoms with van der Waals surface area (Å²) >= 11 is 3.39. The van der Waals surface area contributed by atoms with Crippen LogP contribution in [0, 0.1) is 5.92 Å². The van der Waals surface area contributed by atoms with Crippen LogP contribution in [0.3, 0.4) is 0 Å². The van der Waals surface area contributed by atoms with Crippen molar-refractivity contribution < 1.29 is 14.6 Å². The number of rotatable bonds is 5. The van der Waals surface area contributed by atoms with E-state index in [1.807, 2.05) is 13.0 Å². The molecular weight excluding hydrogens is 322 g/mol. The molecule has 0 spiro atoms. The van der Waals surface area contributed by atoms with Gasteiger partial charge in [0, 0.05) is 12.5 Å². The molecule has 1 aliphatic heterocycles. The first kappa shape index (κ1) is 15.5. The molecule has 5 heteroatoms. The van der Waals surface area contributed by atoms with Crippen LogP contribution in [0.15, 0.2) is 22.7 Å². The second-order valence-electron chi connectivity index (χ2n) is 4.97. The number of Topliss-reactive ketones (excluding diaryl/α,β-unsaturated/α-hetero) is 1. The van der Waals surface area contributed by atoms with E-state index in [0.717, 1.165) is 23.9 Å². The Labute approximate surface area is 127 Å². The highest BCUT2D eigenvalue weighted by Crippen LogP contribution is 2.31. The zero-order valence-electron chi connectivity index (χ0n) is 11.6. The van der Waals surface area contributed by atoms with E-state index < -0.39 is 6.10 Å². The fourth-order valence-electron chi connectivity index (χ4n) is 2.52. The number of carbonyl (C=O) groups excluding carboxylic acids is 1. The van der Waals surface area contributed by atoms with Gasteiger partial charge in [0.25, 0.3) is 0 Å². The number of ether oxygens (including phenoxy) is 1. The van der Waals surface area contributed by atoms with E-state index in [2.05, 4.69) is 21.2 Å². The molecular formula is C15H20BrNO3. The fourth-order valence-corrected chi connectivity index (χ4v) is 3.00. The minimum atomic E-state index is -0.976. The van der Waals surface area contributed by atoms with Gasteiger partial charge >= 0.3 is 0 Å². The summed E-state index contributed by atoms with van der Waals surface area (Å²) in [4.78, 5) is 12.5. The lowest BCUT2D eigenvalue weighted by Gasteiger charge is -2.27. The number of ketones is 1. The van der Waals surface area contributed by atoms with E-state index in [4.69, 9.17) is 4.74 Å². The van der Waals surface area contributed by atoms with Gasteiger partial charge in [0.2, 0.25) is 0 Å². The van der Waals surface area contributed by atoms with Gasteiger partial charge in [0.05, 0.1) is 16.6 Å². The first-order valence-electron chi connectivity index (χ1n) is 6.99. The Morgan fingerprint density at radius 3 is 3.05 bits per heavy atom. The summed E-state index contributed by atoms with van der Waals surface area (Å²) in [5.41, 5.74) is 0.444. The van der Waals surface area contributed by atoms with Gasteiger partial charge in [-0.2, -0.15) is 0 Å². The van der Waals surface area contributed by atoms with Crippen LogP contribution in [0.1, 0.15) is 30.1 Å². The molecule has 1 aliphatic rings. The minimum absolute atomic E-state index is 0.0234. The number of hydrogen-bond donors (Lipinski definition) is 2. The highest BCUT2D eigenvalue weighted by Gasteiger charge is 2.30. The van der Waals surface area contributed by atoms with Crippen LogP contribution in [-0.4, -0.2) is 36.7 Å². The average Bonchev–Trinajstić information content (AvgIpc) is 2.49.